The Kier molecular flexibility index (Phi) is 5.94. The van der Waals surface area contributed by atoms with Crippen molar-refractivity contribution in [3.8, 4) is 0 Å². The standard InChI is InChI=1S/C17H19Cl2N5O/c18-12-3-4-13(14(19)9-12)17(25)21-6-5-20-15-10-16(23-11-22-15)24-7-1-2-8-24/h3-4,9-11H,1-2,5-8H2,(H,21,25)(H,20,22,23). The second kappa shape index (κ2) is 8.36. The zero-order chi connectivity index (χ0) is 17.6. The summed E-state index contributed by atoms with van der Waals surface area (Å²) in [6.07, 6.45) is 3.96. The number of benzene rings is 1. The molecule has 25 heavy (non-hydrogen) atoms. The third-order valence-corrected chi connectivity index (χ3v) is 4.52. The van der Waals surface area contributed by atoms with Gasteiger partial charge in [0.1, 0.15) is 18.0 Å². The molecule has 8 heteroatoms. The first-order valence-electron chi connectivity index (χ1n) is 8.17. The molecule has 1 saturated heterocycles. The lowest BCUT2D eigenvalue weighted by molar-refractivity contribution is 0.0955. The van der Waals surface area contributed by atoms with Crippen LogP contribution in [0.1, 0.15) is 23.2 Å². The second-order valence-corrected chi connectivity index (χ2v) is 6.61. The van der Waals surface area contributed by atoms with Gasteiger partial charge in [-0.25, -0.2) is 9.97 Å². The third-order valence-electron chi connectivity index (χ3n) is 3.98. The Balaban J connectivity index is 1.48. The fraction of sp³-hybridized carbons (Fsp3) is 0.353. The molecule has 0 saturated carbocycles. The van der Waals surface area contributed by atoms with Crippen molar-refractivity contribution in [2.24, 2.45) is 0 Å². The lowest BCUT2D eigenvalue weighted by atomic mass is 10.2. The van der Waals surface area contributed by atoms with Crippen molar-refractivity contribution in [3.63, 3.8) is 0 Å². The molecule has 0 unspecified atom stereocenters. The topological polar surface area (TPSA) is 70.2 Å². The molecule has 2 aromatic rings. The molecule has 1 fully saturated rings. The molecule has 1 aromatic carbocycles. The van der Waals surface area contributed by atoms with Gasteiger partial charge in [0.25, 0.3) is 5.91 Å². The van der Waals surface area contributed by atoms with Gasteiger partial charge >= 0.3 is 0 Å². The molecule has 6 nitrogen and oxygen atoms in total. The Labute approximate surface area is 156 Å². The maximum atomic E-state index is 12.1. The molecule has 132 valence electrons. The molecule has 0 atom stereocenters. The number of halogens is 2. The largest absolute Gasteiger partial charge is 0.368 e. The lowest BCUT2D eigenvalue weighted by Gasteiger charge is -2.16. The minimum absolute atomic E-state index is 0.232. The van der Waals surface area contributed by atoms with Crippen molar-refractivity contribution in [2.45, 2.75) is 12.8 Å². The Morgan fingerprint density at radius 3 is 2.68 bits per heavy atom. The van der Waals surface area contributed by atoms with Crippen LogP contribution in [0.2, 0.25) is 10.0 Å². The van der Waals surface area contributed by atoms with Crippen LogP contribution in [0.3, 0.4) is 0 Å². The van der Waals surface area contributed by atoms with Gasteiger partial charge in [-0.2, -0.15) is 0 Å². The van der Waals surface area contributed by atoms with Gasteiger partial charge in [-0.1, -0.05) is 23.2 Å². The number of hydrogen-bond acceptors (Lipinski definition) is 5. The van der Waals surface area contributed by atoms with E-state index < -0.39 is 0 Å². The van der Waals surface area contributed by atoms with E-state index in [1.807, 2.05) is 6.07 Å². The zero-order valence-electron chi connectivity index (χ0n) is 13.6. The van der Waals surface area contributed by atoms with Crippen LogP contribution in [0.15, 0.2) is 30.6 Å². The first-order chi connectivity index (χ1) is 12.1. The van der Waals surface area contributed by atoms with E-state index in [-0.39, 0.29) is 5.91 Å². The number of rotatable bonds is 6. The summed E-state index contributed by atoms with van der Waals surface area (Å²) < 4.78 is 0. The van der Waals surface area contributed by atoms with Crippen molar-refractivity contribution < 1.29 is 4.79 Å². The molecule has 1 amide bonds. The normalized spacial score (nSPS) is 13.8. The Bertz CT molecular complexity index is 750. The van der Waals surface area contributed by atoms with Crippen LogP contribution in [-0.2, 0) is 0 Å². The maximum Gasteiger partial charge on any atom is 0.252 e. The van der Waals surface area contributed by atoms with Crippen LogP contribution in [0.4, 0.5) is 11.6 Å². The van der Waals surface area contributed by atoms with Crippen LogP contribution < -0.4 is 15.5 Å². The molecule has 1 aromatic heterocycles. The van der Waals surface area contributed by atoms with Gasteiger partial charge in [-0.3, -0.25) is 4.79 Å². The van der Waals surface area contributed by atoms with E-state index >= 15 is 0 Å². The minimum atomic E-state index is -0.232. The van der Waals surface area contributed by atoms with Gasteiger partial charge in [0.15, 0.2) is 0 Å². The number of nitrogens with zero attached hydrogens (tertiary/aromatic N) is 3. The zero-order valence-corrected chi connectivity index (χ0v) is 15.1. The Hall–Kier alpha value is -2.05. The number of anilines is 2. The molecule has 1 aliphatic rings. The fourth-order valence-corrected chi connectivity index (χ4v) is 3.19. The predicted octanol–water partition coefficient (Wildman–Crippen LogP) is 3.23. The smallest absolute Gasteiger partial charge is 0.252 e. The van der Waals surface area contributed by atoms with Crippen LogP contribution in [0.5, 0.6) is 0 Å². The van der Waals surface area contributed by atoms with Crippen molar-refractivity contribution >= 4 is 40.7 Å². The lowest BCUT2D eigenvalue weighted by Crippen LogP contribution is -2.29. The summed E-state index contributed by atoms with van der Waals surface area (Å²) in [5.41, 5.74) is 0.407. The van der Waals surface area contributed by atoms with Crippen molar-refractivity contribution in [1.29, 1.82) is 0 Å². The highest BCUT2D eigenvalue weighted by molar-refractivity contribution is 6.36. The molecule has 2 heterocycles. The van der Waals surface area contributed by atoms with E-state index in [2.05, 4.69) is 25.5 Å². The van der Waals surface area contributed by atoms with Crippen LogP contribution >= 0.6 is 23.2 Å². The molecule has 0 bridgehead atoms. The fourth-order valence-electron chi connectivity index (χ4n) is 2.70. The quantitative estimate of drug-likeness (QED) is 0.753. The molecule has 1 aliphatic heterocycles. The highest BCUT2D eigenvalue weighted by Gasteiger charge is 2.14. The number of aromatic nitrogens is 2. The molecular formula is C17H19Cl2N5O. The summed E-state index contributed by atoms with van der Waals surface area (Å²) >= 11 is 11.9. The predicted molar refractivity (Wildman–Crippen MR) is 101 cm³/mol. The first-order valence-corrected chi connectivity index (χ1v) is 8.93. The Morgan fingerprint density at radius 2 is 1.92 bits per heavy atom. The summed E-state index contributed by atoms with van der Waals surface area (Å²) in [5, 5.41) is 6.85. The number of hydrogen-bond donors (Lipinski definition) is 2. The molecular weight excluding hydrogens is 361 g/mol. The van der Waals surface area contributed by atoms with Crippen LogP contribution in [0, 0.1) is 0 Å². The number of carbonyl (C=O) groups is 1. The van der Waals surface area contributed by atoms with Gasteiger partial charge in [-0.15, -0.1) is 0 Å². The van der Waals surface area contributed by atoms with E-state index in [1.54, 1.807) is 24.5 Å². The average molecular weight is 380 g/mol. The summed E-state index contributed by atoms with van der Waals surface area (Å²) in [4.78, 5) is 22.9. The van der Waals surface area contributed by atoms with Gasteiger partial charge in [0.05, 0.1) is 10.6 Å². The molecule has 3 rings (SSSR count). The SMILES string of the molecule is O=C(NCCNc1cc(N2CCCC2)ncn1)c1ccc(Cl)cc1Cl. The number of carbonyl (C=O) groups excluding carboxylic acids is 1. The molecule has 0 spiro atoms. The minimum Gasteiger partial charge on any atom is -0.368 e. The summed E-state index contributed by atoms with van der Waals surface area (Å²) in [6, 6.07) is 6.74. The highest BCUT2D eigenvalue weighted by Crippen LogP contribution is 2.21. The molecule has 2 N–H and O–H groups in total. The maximum absolute atomic E-state index is 12.1. The van der Waals surface area contributed by atoms with Crippen molar-refractivity contribution in [2.75, 3.05) is 36.4 Å². The van der Waals surface area contributed by atoms with Gasteiger partial charge < -0.3 is 15.5 Å². The van der Waals surface area contributed by atoms with E-state index in [9.17, 15) is 4.79 Å². The summed E-state index contributed by atoms with van der Waals surface area (Å²) in [5.74, 6) is 1.45. The van der Waals surface area contributed by atoms with E-state index in [1.165, 1.54) is 12.8 Å². The second-order valence-electron chi connectivity index (χ2n) is 5.76. The molecule has 0 aliphatic carbocycles. The van der Waals surface area contributed by atoms with Crippen molar-refractivity contribution in [3.05, 3.63) is 46.2 Å². The van der Waals surface area contributed by atoms with Crippen LogP contribution in [0.25, 0.3) is 0 Å². The number of amides is 1. The van der Waals surface area contributed by atoms with Crippen LogP contribution in [-0.4, -0.2) is 42.1 Å². The van der Waals surface area contributed by atoms with E-state index in [0.29, 0.717) is 28.7 Å². The van der Waals surface area contributed by atoms with Gasteiger partial charge in [-0.05, 0) is 31.0 Å². The van der Waals surface area contributed by atoms with Gasteiger partial charge in [0, 0.05) is 37.3 Å². The Morgan fingerprint density at radius 1 is 1.12 bits per heavy atom. The average Bonchev–Trinajstić information content (AvgIpc) is 3.13. The number of nitrogens with one attached hydrogen (secondary N) is 2. The van der Waals surface area contributed by atoms with E-state index in [0.717, 1.165) is 24.7 Å². The summed E-state index contributed by atoms with van der Waals surface area (Å²) in [6.45, 7) is 3.07. The molecule has 0 radical (unpaired) electrons. The van der Waals surface area contributed by atoms with Crippen molar-refractivity contribution in [1.82, 2.24) is 15.3 Å². The highest BCUT2D eigenvalue weighted by atomic mass is 35.5. The monoisotopic (exact) mass is 379 g/mol. The third kappa shape index (κ3) is 4.74. The van der Waals surface area contributed by atoms with E-state index in [4.69, 9.17) is 23.2 Å². The first kappa shape index (κ1) is 17.8. The van der Waals surface area contributed by atoms with Gasteiger partial charge in [0.2, 0.25) is 0 Å². The summed E-state index contributed by atoms with van der Waals surface area (Å²) in [7, 11) is 0.